The third kappa shape index (κ3) is 2.73. The normalized spacial score (nSPS) is 21.5. The van der Waals surface area contributed by atoms with Crippen molar-refractivity contribution >= 4 is 11.7 Å². The molecule has 1 heterocycles. The first-order valence-corrected chi connectivity index (χ1v) is 6.55. The Balaban J connectivity index is 2.29. The molecule has 0 amide bonds. The highest BCUT2D eigenvalue weighted by atomic mass is 16.5. The lowest BCUT2D eigenvalue weighted by Crippen LogP contribution is -2.38. The van der Waals surface area contributed by atoms with Crippen LogP contribution in [0, 0.1) is 5.92 Å². The molecule has 4 heteroatoms. The number of aliphatic hydroxyl groups excluding tert-OH is 1. The van der Waals surface area contributed by atoms with Gasteiger partial charge in [0.1, 0.15) is 0 Å². The van der Waals surface area contributed by atoms with Gasteiger partial charge in [0.2, 0.25) is 0 Å². The zero-order valence-electron chi connectivity index (χ0n) is 11.7. The summed E-state index contributed by atoms with van der Waals surface area (Å²) >= 11 is 0. The van der Waals surface area contributed by atoms with Gasteiger partial charge in [-0.3, -0.25) is 0 Å². The number of anilines is 1. The van der Waals surface area contributed by atoms with E-state index < -0.39 is 0 Å². The SMILES string of the molecule is COC(=O)c1cccc(N2CC(CO)CC2(C)C)c1. The number of aliphatic hydroxyl groups is 1. The molecule has 1 atom stereocenters. The van der Waals surface area contributed by atoms with Crippen LogP contribution in [0.5, 0.6) is 0 Å². The van der Waals surface area contributed by atoms with Gasteiger partial charge in [-0.15, -0.1) is 0 Å². The van der Waals surface area contributed by atoms with Crippen molar-refractivity contribution in [3.8, 4) is 0 Å². The molecule has 0 bridgehead atoms. The van der Waals surface area contributed by atoms with Crippen LogP contribution < -0.4 is 4.90 Å². The highest BCUT2D eigenvalue weighted by Crippen LogP contribution is 2.36. The number of nitrogens with zero attached hydrogens (tertiary/aromatic N) is 1. The second kappa shape index (κ2) is 5.21. The Bertz CT molecular complexity index is 470. The van der Waals surface area contributed by atoms with E-state index in [1.165, 1.54) is 7.11 Å². The van der Waals surface area contributed by atoms with Gasteiger partial charge in [-0.2, -0.15) is 0 Å². The molecule has 1 aromatic carbocycles. The third-order valence-electron chi connectivity index (χ3n) is 3.80. The van der Waals surface area contributed by atoms with Gasteiger partial charge in [-0.1, -0.05) is 6.07 Å². The van der Waals surface area contributed by atoms with Crippen LogP contribution >= 0.6 is 0 Å². The van der Waals surface area contributed by atoms with E-state index in [1.54, 1.807) is 6.07 Å². The molecule has 2 rings (SSSR count). The molecule has 1 aliphatic heterocycles. The number of benzene rings is 1. The molecule has 0 spiro atoms. The second-order valence-corrected chi connectivity index (χ2v) is 5.72. The van der Waals surface area contributed by atoms with Crippen LogP contribution in [0.4, 0.5) is 5.69 Å². The van der Waals surface area contributed by atoms with Gasteiger partial charge < -0.3 is 14.7 Å². The monoisotopic (exact) mass is 263 g/mol. The van der Waals surface area contributed by atoms with Gasteiger partial charge in [0.05, 0.1) is 12.7 Å². The molecule has 1 saturated heterocycles. The highest BCUT2D eigenvalue weighted by molar-refractivity contribution is 5.90. The topological polar surface area (TPSA) is 49.8 Å². The van der Waals surface area contributed by atoms with Gasteiger partial charge in [0.15, 0.2) is 0 Å². The van der Waals surface area contributed by atoms with Crippen LogP contribution in [-0.2, 0) is 4.74 Å². The molecule has 0 aliphatic carbocycles. The second-order valence-electron chi connectivity index (χ2n) is 5.72. The first-order chi connectivity index (χ1) is 8.97. The maximum Gasteiger partial charge on any atom is 0.337 e. The van der Waals surface area contributed by atoms with E-state index in [9.17, 15) is 9.90 Å². The summed E-state index contributed by atoms with van der Waals surface area (Å²) in [5.41, 5.74) is 1.55. The molecule has 1 fully saturated rings. The lowest BCUT2D eigenvalue weighted by atomic mass is 9.96. The van der Waals surface area contributed by atoms with E-state index in [4.69, 9.17) is 4.74 Å². The number of hydrogen-bond donors (Lipinski definition) is 1. The summed E-state index contributed by atoms with van der Waals surface area (Å²) < 4.78 is 4.75. The first kappa shape index (κ1) is 13.9. The van der Waals surface area contributed by atoms with Crippen molar-refractivity contribution in [1.82, 2.24) is 0 Å². The predicted molar refractivity (Wildman–Crippen MR) is 74.4 cm³/mol. The summed E-state index contributed by atoms with van der Waals surface area (Å²) in [5.74, 6) is -0.0330. The fourth-order valence-electron chi connectivity index (χ4n) is 2.88. The summed E-state index contributed by atoms with van der Waals surface area (Å²) in [6.07, 6.45) is 0.950. The van der Waals surface area contributed by atoms with Crippen LogP contribution in [0.15, 0.2) is 24.3 Å². The van der Waals surface area contributed by atoms with Crippen molar-refractivity contribution in [3.63, 3.8) is 0 Å². The fraction of sp³-hybridized carbons (Fsp3) is 0.533. The molecule has 0 saturated carbocycles. The Morgan fingerprint density at radius 3 is 2.84 bits per heavy atom. The predicted octanol–water partition coefficient (Wildman–Crippen LogP) is 2.07. The van der Waals surface area contributed by atoms with Crippen molar-refractivity contribution in [2.24, 2.45) is 5.92 Å². The summed E-state index contributed by atoms with van der Waals surface area (Å²) in [6, 6.07) is 7.47. The Labute approximate surface area is 114 Å². The molecule has 1 N–H and O–H groups in total. The Kier molecular flexibility index (Phi) is 3.80. The average Bonchev–Trinajstić information content (AvgIpc) is 2.73. The van der Waals surface area contributed by atoms with E-state index in [0.29, 0.717) is 5.56 Å². The third-order valence-corrected chi connectivity index (χ3v) is 3.80. The zero-order chi connectivity index (χ0) is 14.0. The van der Waals surface area contributed by atoms with Crippen molar-refractivity contribution in [3.05, 3.63) is 29.8 Å². The molecule has 4 nitrogen and oxygen atoms in total. The van der Waals surface area contributed by atoms with Gasteiger partial charge in [0.25, 0.3) is 0 Å². The van der Waals surface area contributed by atoms with E-state index in [1.807, 2.05) is 18.2 Å². The number of carbonyl (C=O) groups excluding carboxylic acids is 1. The number of hydrogen-bond acceptors (Lipinski definition) is 4. The Morgan fingerprint density at radius 2 is 2.26 bits per heavy atom. The van der Waals surface area contributed by atoms with Gasteiger partial charge in [0, 0.05) is 30.3 Å². The average molecular weight is 263 g/mol. The zero-order valence-corrected chi connectivity index (χ0v) is 11.7. The van der Waals surface area contributed by atoms with Gasteiger partial charge >= 0.3 is 5.97 Å². The smallest absolute Gasteiger partial charge is 0.337 e. The van der Waals surface area contributed by atoms with Crippen LogP contribution in [-0.4, -0.2) is 36.9 Å². The van der Waals surface area contributed by atoms with Crippen LogP contribution in [0.1, 0.15) is 30.6 Å². The number of esters is 1. The molecule has 0 aromatic heterocycles. The lowest BCUT2D eigenvalue weighted by Gasteiger charge is -2.33. The number of ether oxygens (including phenoxy) is 1. The largest absolute Gasteiger partial charge is 0.465 e. The van der Waals surface area contributed by atoms with E-state index in [-0.39, 0.29) is 24.0 Å². The van der Waals surface area contributed by atoms with Crippen molar-refractivity contribution in [2.75, 3.05) is 25.2 Å². The van der Waals surface area contributed by atoms with Crippen LogP contribution in [0.25, 0.3) is 0 Å². The van der Waals surface area contributed by atoms with Crippen molar-refractivity contribution < 1.29 is 14.6 Å². The maximum atomic E-state index is 11.6. The molecule has 19 heavy (non-hydrogen) atoms. The summed E-state index contributed by atoms with van der Waals surface area (Å²) in [7, 11) is 1.39. The standard InChI is InChI=1S/C15H21NO3/c1-15(2)8-11(10-17)9-16(15)13-6-4-5-12(7-13)14(18)19-3/h4-7,11,17H,8-10H2,1-3H3. The van der Waals surface area contributed by atoms with Gasteiger partial charge in [-0.05, 0) is 38.5 Å². The van der Waals surface area contributed by atoms with E-state index >= 15 is 0 Å². The Hall–Kier alpha value is -1.55. The van der Waals surface area contributed by atoms with Gasteiger partial charge in [-0.25, -0.2) is 4.79 Å². The summed E-state index contributed by atoms with van der Waals surface area (Å²) in [6.45, 7) is 5.34. The molecular weight excluding hydrogens is 242 g/mol. The van der Waals surface area contributed by atoms with Crippen LogP contribution in [0.3, 0.4) is 0 Å². The van der Waals surface area contributed by atoms with Crippen LogP contribution in [0.2, 0.25) is 0 Å². The number of rotatable bonds is 3. The molecule has 1 unspecified atom stereocenters. The molecule has 1 aliphatic rings. The maximum absolute atomic E-state index is 11.6. The molecule has 0 radical (unpaired) electrons. The molecule has 104 valence electrons. The summed E-state index contributed by atoms with van der Waals surface area (Å²) in [5, 5.41) is 9.34. The fourth-order valence-corrected chi connectivity index (χ4v) is 2.88. The minimum atomic E-state index is -0.322. The van der Waals surface area contributed by atoms with Crippen molar-refractivity contribution in [1.29, 1.82) is 0 Å². The quantitative estimate of drug-likeness (QED) is 0.848. The first-order valence-electron chi connectivity index (χ1n) is 6.55. The highest BCUT2D eigenvalue weighted by Gasteiger charge is 2.38. The molecule has 1 aromatic rings. The lowest BCUT2D eigenvalue weighted by molar-refractivity contribution is 0.0600. The minimum absolute atomic E-state index is 0.0118. The van der Waals surface area contributed by atoms with E-state index in [2.05, 4.69) is 18.7 Å². The number of methoxy groups -OCH3 is 1. The van der Waals surface area contributed by atoms with E-state index in [0.717, 1.165) is 18.7 Å². The Morgan fingerprint density at radius 1 is 1.53 bits per heavy atom. The summed E-state index contributed by atoms with van der Waals surface area (Å²) in [4.78, 5) is 13.8. The number of carbonyl (C=O) groups is 1. The molecular formula is C15H21NO3. The minimum Gasteiger partial charge on any atom is -0.465 e. The van der Waals surface area contributed by atoms with Crippen molar-refractivity contribution in [2.45, 2.75) is 25.8 Å².